The molecule has 1 aromatic carbocycles. The molecule has 25 heavy (non-hydrogen) atoms. The van der Waals surface area contributed by atoms with Gasteiger partial charge >= 0.3 is 0 Å². The highest BCUT2D eigenvalue weighted by Crippen LogP contribution is 2.34. The second kappa shape index (κ2) is 7.96. The Kier molecular flexibility index (Phi) is 5.69. The van der Waals surface area contributed by atoms with Gasteiger partial charge in [-0.3, -0.25) is 9.69 Å². The van der Waals surface area contributed by atoms with Gasteiger partial charge in [0.15, 0.2) is 0 Å². The number of rotatable bonds is 5. The molecule has 2 heterocycles. The molecule has 1 amide bonds. The summed E-state index contributed by atoms with van der Waals surface area (Å²) in [5.74, 6) is 0.195. The predicted molar refractivity (Wildman–Crippen MR) is 92.8 cm³/mol. The molecule has 0 N–H and O–H groups in total. The molecule has 2 aliphatic heterocycles. The van der Waals surface area contributed by atoms with Crippen LogP contribution in [0.2, 0.25) is 0 Å². The Morgan fingerprint density at radius 1 is 1.32 bits per heavy atom. The van der Waals surface area contributed by atoms with E-state index in [1.807, 2.05) is 29.2 Å². The third-order valence-electron chi connectivity index (χ3n) is 4.98. The Labute approximate surface area is 148 Å². The maximum atomic E-state index is 12.4. The van der Waals surface area contributed by atoms with E-state index >= 15 is 0 Å². The van der Waals surface area contributed by atoms with Gasteiger partial charge in [0.05, 0.1) is 31.5 Å². The van der Waals surface area contributed by atoms with Crippen molar-refractivity contribution in [1.29, 1.82) is 5.26 Å². The van der Waals surface area contributed by atoms with E-state index in [1.54, 1.807) is 7.11 Å². The first-order chi connectivity index (χ1) is 12.1. The summed E-state index contributed by atoms with van der Waals surface area (Å²) < 4.78 is 11.0. The summed E-state index contributed by atoms with van der Waals surface area (Å²) >= 11 is 0. The summed E-state index contributed by atoms with van der Waals surface area (Å²) in [5, 5.41) is 8.92. The molecule has 0 aliphatic carbocycles. The Hall–Kier alpha value is -1.94. The first kappa shape index (κ1) is 17.9. The molecular formula is C19H25N3O3. The van der Waals surface area contributed by atoms with E-state index in [0.717, 1.165) is 26.2 Å². The lowest BCUT2D eigenvalue weighted by atomic mass is 9.87. The SMILES string of the molecule is COCCN1C[C@@]2(COCCN(Cc3ccc(C#N)cc3)C2)CC1=O. The first-order valence-corrected chi connectivity index (χ1v) is 8.70. The molecule has 134 valence electrons. The number of likely N-dealkylation sites (tertiary alicyclic amines) is 1. The number of hydrogen-bond acceptors (Lipinski definition) is 5. The van der Waals surface area contributed by atoms with Crippen molar-refractivity contribution >= 4 is 5.91 Å². The summed E-state index contributed by atoms with van der Waals surface area (Å²) in [4.78, 5) is 16.6. The zero-order valence-electron chi connectivity index (χ0n) is 14.7. The highest BCUT2D eigenvalue weighted by molar-refractivity contribution is 5.79. The molecule has 1 spiro atoms. The van der Waals surface area contributed by atoms with Gasteiger partial charge in [-0.1, -0.05) is 12.1 Å². The zero-order valence-corrected chi connectivity index (χ0v) is 14.7. The van der Waals surface area contributed by atoms with Crippen molar-refractivity contribution < 1.29 is 14.3 Å². The lowest BCUT2D eigenvalue weighted by Crippen LogP contribution is -2.40. The number of carbonyl (C=O) groups is 1. The Morgan fingerprint density at radius 2 is 2.12 bits per heavy atom. The number of amides is 1. The van der Waals surface area contributed by atoms with Gasteiger partial charge in [-0.05, 0) is 17.7 Å². The molecule has 2 fully saturated rings. The molecule has 0 saturated carbocycles. The number of carbonyl (C=O) groups excluding carboxylic acids is 1. The van der Waals surface area contributed by atoms with E-state index in [9.17, 15) is 4.79 Å². The molecule has 3 rings (SSSR count). The molecular weight excluding hydrogens is 318 g/mol. The third kappa shape index (κ3) is 4.37. The van der Waals surface area contributed by atoms with Crippen molar-refractivity contribution in [2.24, 2.45) is 5.41 Å². The summed E-state index contributed by atoms with van der Waals surface area (Å²) in [6.45, 7) is 5.78. The number of hydrogen-bond donors (Lipinski definition) is 0. The average Bonchev–Trinajstić information content (AvgIpc) is 2.79. The van der Waals surface area contributed by atoms with Gasteiger partial charge in [-0.2, -0.15) is 5.26 Å². The van der Waals surface area contributed by atoms with Crippen molar-refractivity contribution in [3.63, 3.8) is 0 Å². The molecule has 6 heteroatoms. The molecule has 1 aromatic rings. The smallest absolute Gasteiger partial charge is 0.223 e. The normalized spacial score (nSPS) is 24.5. The van der Waals surface area contributed by atoms with E-state index in [-0.39, 0.29) is 11.3 Å². The second-order valence-corrected chi connectivity index (χ2v) is 7.06. The van der Waals surface area contributed by atoms with Crippen LogP contribution in [0.1, 0.15) is 17.5 Å². The van der Waals surface area contributed by atoms with Gasteiger partial charge in [-0.15, -0.1) is 0 Å². The second-order valence-electron chi connectivity index (χ2n) is 7.06. The van der Waals surface area contributed by atoms with E-state index < -0.39 is 0 Å². The topological polar surface area (TPSA) is 65.8 Å². The van der Waals surface area contributed by atoms with Crippen LogP contribution >= 0.6 is 0 Å². The van der Waals surface area contributed by atoms with Crippen LogP contribution < -0.4 is 0 Å². The predicted octanol–water partition coefficient (Wildman–Crippen LogP) is 1.26. The van der Waals surface area contributed by atoms with E-state index in [2.05, 4.69) is 11.0 Å². The molecule has 6 nitrogen and oxygen atoms in total. The van der Waals surface area contributed by atoms with Gasteiger partial charge in [0.2, 0.25) is 5.91 Å². The van der Waals surface area contributed by atoms with Crippen molar-refractivity contribution in [1.82, 2.24) is 9.80 Å². The van der Waals surface area contributed by atoms with Crippen LogP contribution in [0.25, 0.3) is 0 Å². The summed E-state index contributed by atoms with van der Waals surface area (Å²) in [6.07, 6.45) is 0.542. The minimum atomic E-state index is -0.131. The highest BCUT2D eigenvalue weighted by Gasteiger charge is 2.45. The molecule has 0 unspecified atom stereocenters. The lowest BCUT2D eigenvalue weighted by Gasteiger charge is -2.31. The fraction of sp³-hybridized carbons (Fsp3) is 0.579. The molecule has 0 bridgehead atoms. The first-order valence-electron chi connectivity index (χ1n) is 8.70. The average molecular weight is 343 g/mol. The number of nitriles is 1. The fourth-order valence-electron chi connectivity index (χ4n) is 3.75. The zero-order chi connectivity index (χ0) is 17.7. The Morgan fingerprint density at radius 3 is 2.84 bits per heavy atom. The monoisotopic (exact) mass is 343 g/mol. The minimum absolute atomic E-state index is 0.131. The molecule has 1 atom stereocenters. The number of nitrogens with zero attached hydrogens (tertiary/aromatic N) is 3. The van der Waals surface area contributed by atoms with Crippen LogP contribution in [0.15, 0.2) is 24.3 Å². The third-order valence-corrected chi connectivity index (χ3v) is 4.98. The van der Waals surface area contributed by atoms with Crippen molar-refractivity contribution in [3.05, 3.63) is 35.4 Å². The van der Waals surface area contributed by atoms with Crippen LogP contribution in [0.5, 0.6) is 0 Å². The maximum Gasteiger partial charge on any atom is 0.223 e. The maximum absolute atomic E-state index is 12.4. The largest absolute Gasteiger partial charge is 0.383 e. The van der Waals surface area contributed by atoms with Crippen LogP contribution in [-0.2, 0) is 20.8 Å². The highest BCUT2D eigenvalue weighted by atomic mass is 16.5. The Bertz CT molecular complexity index is 640. The van der Waals surface area contributed by atoms with E-state index in [4.69, 9.17) is 14.7 Å². The Balaban J connectivity index is 1.66. The quantitative estimate of drug-likeness (QED) is 0.805. The molecule has 2 aliphatic rings. The van der Waals surface area contributed by atoms with Gasteiger partial charge < -0.3 is 14.4 Å². The lowest BCUT2D eigenvalue weighted by molar-refractivity contribution is -0.128. The minimum Gasteiger partial charge on any atom is -0.383 e. The summed E-state index contributed by atoms with van der Waals surface area (Å²) in [7, 11) is 1.66. The summed E-state index contributed by atoms with van der Waals surface area (Å²) in [6, 6.07) is 9.85. The summed E-state index contributed by atoms with van der Waals surface area (Å²) in [5.41, 5.74) is 1.72. The van der Waals surface area contributed by atoms with Gasteiger partial charge in [0, 0.05) is 51.7 Å². The number of methoxy groups -OCH3 is 1. The van der Waals surface area contributed by atoms with Gasteiger partial charge in [-0.25, -0.2) is 0 Å². The fourth-order valence-corrected chi connectivity index (χ4v) is 3.75. The van der Waals surface area contributed by atoms with Gasteiger partial charge in [0.1, 0.15) is 0 Å². The van der Waals surface area contributed by atoms with E-state index in [0.29, 0.717) is 38.3 Å². The number of ether oxygens (including phenoxy) is 2. The van der Waals surface area contributed by atoms with Crippen molar-refractivity contribution in [2.75, 3.05) is 53.1 Å². The van der Waals surface area contributed by atoms with E-state index in [1.165, 1.54) is 5.56 Å². The number of benzene rings is 1. The van der Waals surface area contributed by atoms with Crippen LogP contribution in [0.3, 0.4) is 0 Å². The van der Waals surface area contributed by atoms with Gasteiger partial charge in [0.25, 0.3) is 0 Å². The molecule has 0 aromatic heterocycles. The standard InChI is InChI=1S/C19H25N3O3/c1-24-8-7-22-14-19(10-18(22)23)13-21(6-9-25-15-19)12-17-4-2-16(11-20)3-5-17/h2-5H,6-10,12-15H2,1H3/t19-/m1/s1. The molecule has 2 saturated heterocycles. The van der Waals surface area contributed by atoms with Crippen LogP contribution in [0.4, 0.5) is 0 Å². The van der Waals surface area contributed by atoms with Crippen LogP contribution in [-0.4, -0.2) is 68.8 Å². The molecule has 0 radical (unpaired) electrons. The van der Waals surface area contributed by atoms with Crippen molar-refractivity contribution in [2.45, 2.75) is 13.0 Å². The van der Waals surface area contributed by atoms with Crippen molar-refractivity contribution in [3.8, 4) is 6.07 Å². The van der Waals surface area contributed by atoms with Crippen LogP contribution in [0, 0.1) is 16.7 Å².